The molecule has 29 heavy (non-hydrogen) atoms. The Hall–Kier alpha value is -2.67. The van der Waals surface area contributed by atoms with Crippen LogP contribution in [0.3, 0.4) is 0 Å². The summed E-state index contributed by atoms with van der Waals surface area (Å²) >= 11 is 1.33. The highest BCUT2D eigenvalue weighted by molar-refractivity contribution is 7.99. The SMILES string of the molecule is CC(C)(C)C(=O)Nc1ccc(C(=O)COC(=O)CSCc2ccc(F)cc2)cc1. The first kappa shape index (κ1) is 22.6. The van der Waals surface area contributed by atoms with Crippen molar-refractivity contribution in [1.29, 1.82) is 0 Å². The van der Waals surface area contributed by atoms with Crippen molar-refractivity contribution in [3.05, 3.63) is 65.5 Å². The first-order valence-electron chi connectivity index (χ1n) is 9.07. The largest absolute Gasteiger partial charge is 0.457 e. The van der Waals surface area contributed by atoms with Crippen LogP contribution < -0.4 is 5.32 Å². The number of hydrogen-bond donors (Lipinski definition) is 1. The summed E-state index contributed by atoms with van der Waals surface area (Å²) in [7, 11) is 0. The fourth-order valence-corrected chi connectivity index (χ4v) is 2.94. The van der Waals surface area contributed by atoms with Gasteiger partial charge in [-0.1, -0.05) is 32.9 Å². The number of anilines is 1. The molecule has 2 aromatic carbocycles. The molecule has 0 saturated carbocycles. The van der Waals surface area contributed by atoms with Crippen LogP contribution in [0.2, 0.25) is 0 Å². The lowest BCUT2D eigenvalue weighted by atomic mass is 9.95. The zero-order valence-corrected chi connectivity index (χ0v) is 17.5. The first-order chi connectivity index (χ1) is 13.6. The van der Waals surface area contributed by atoms with E-state index in [0.717, 1.165) is 5.56 Å². The Bertz CT molecular complexity index is 858. The number of halogens is 1. The molecule has 0 aromatic heterocycles. The Balaban J connectivity index is 1.74. The summed E-state index contributed by atoms with van der Waals surface area (Å²) in [5.41, 5.74) is 1.37. The van der Waals surface area contributed by atoms with Crippen LogP contribution in [-0.2, 0) is 20.1 Å². The molecule has 0 heterocycles. The van der Waals surface area contributed by atoms with Gasteiger partial charge >= 0.3 is 5.97 Å². The average molecular weight is 418 g/mol. The van der Waals surface area contributed by atoms with Crippen LogP contribution in [0.1, 0.15) is 36.7 Å². The Morgan fingerprint density at radius 1 is 1.00 bits per heavy atom. The number of ketones is 1. The van der Waals surface area contributed by atoms with E-state index in [1.54, 1.807) is 36.4 Å². The highest BCUT2D eigenvalue weighted by Gasteiger charge is 2.21. The molecule has 1 N–H and O–H groups in total. The molecule has 0 saturated heterocycles. The van der Waals surface area contributed by atoms with Gasteiger partial charge < -0.3 is 10.1 Å². The van der Waals surface area contributed by atoms with E-state index in [-0.39, 0.29) is 29.9 Å². The maximum absolute atomic E-state index is 12.8. The predicted molar refractivity (Wildman–Crippen MR) is 112 cm³/mol. The second-order valence-electron chi connectivity index (χ2n) is 7.48. The molecule has 0 aliphatic rings. The molecule has 0 aliphatic heterocycles. The average Bonchev–Trinajstić information content (AvgIpc) is 2.67. The maximum Gasteiger partial charge on any atom is 0.316 e. The van der Waals surface area contributed by atoms with Gasteiger partial charge in [0.25, 0.3) is 0 Å². The fourth-order valence-electron chi connectivity index (χ4n) is 2.16. The van der Waals surface area contributed by atoms with Crippen molar-refractivity contribution < 1.29 is 23.5 Å². The van der Waals surface area contributed by atoms with Crippen molar-refractivity contribution in [2.45, 2.75) is 26.5 Å². The molecule has 0 fully saturated rings. The quantitative estimate of drug-likeness (QED) is 0.507. The van der Waals surface area contributed by atoms with Crippen LogP contribution in [0.15, 0.2) is 48.5 Å². The van der Waals surface area contributed by atoms with E-state index in [0.29, 0.717) is 17.0 Å². The molecule has 5 nitrogen and oxygen atoms in total. The number of hydrogen-bond acceptors (Lipinski definition) is 5. The van der Waals surface area contributed by atoms with Gasteiger partial charge in [-0.3, -0.25) is 14.4 Å². The standard InChI is InChI=1S/C22H24FNO4S/c1-22(2,3)21(27)24-18-10-6-16(7-11-18)19(25)12-28-20(26)14-29-13-15-4-8-17(23)9-5-15/h4-11H,12-14H2,1-3H3,(H,24,27). The number of ether oxygens (including phenoxy) is 1. The molecule has 0 atom stereocenters. The van der Waals surface area contributed by atoms with Crippen molar-refractivity contribution in [2.24, 2.45) is 5.41 Å². The zero-order valence-electron chi connectivity index (χ0n) is 16.7. The van der Waals surface area contributed by atoms with E-state index in [9.17, 15) is 18.8 Å². The molecule has 0 spiro atoms. The Kier molecular flexibility index (Phi) is 7.96. The molecule has 2 aromatic rings. The van der Waals surface area contributed by atoms with Crippen molar-refractivity contribution in [3.8, 4) is 0 Å². The molecule has 1 amide bonds. The van der Waals surface area contributed by atoms with Gasteiger partial charge in [-0.2, -0.15) is 0 Å². The molecule has 7 heteroatoms. The normalized spacial score (nSPS) is 11.0. The minimum Gasteiger partial charge on any atom is -0.457 e. The van der Waals surface area contributed by atoms with Crippen molar-refractivity contribution >= 4 is 35.1 Å². The van der Waals surface area contributed by atoms with E-state index in [4.69, 9.17) is 4.74 Å². The number of carbonyl (C=O) groups is 3. The Morgan fingerprint density at radius 2 is 1.62 bits per heavy atom. The number of thioether (sulfide) groups is 1. The van der Waals surface area contributed by atoms with Crippen LogP contribution >= 0.6 is 11.8 Å². The summed E-state index contributed by atoms with van der Waals surface area (Å²) in [5.74, 6) is -0.590. The Labute approximate surface area is 174 Å². The second kappa shape index (κ2) is 10.2. The van der Waals surface area contributed by atoms with Crippen LogP contribution in [0.4, 0.5) is 10.1 Å². The van der Waals surface area contributed by atoms with E-state index in [1.807, 2.05) is 20.8 Å². The van der Waals surface area contributed by atoms with Gasteiger partial charge in [0.05, 0.1) is 5.75 Å². The van der Waals surface area contributed by atoms with Crippen molar-refractivity contribution in [3.63, 3.8) is 0 Å². The van der Waals surface area contributed by atoms with Gasteiger partial charge in [0.2, 0.25) is 5.91 Å². The van der Waals surface area contributed by atoms with Gasteiger partial charge in [0.1, 0.15) is 5.82 Å². The summed E-state index contributed by atoms with van der Waals surface area (Å²) < 4.78 is 17.9. The summed E-state index contributed by atoms with van der Waals surface area (Å²) in [6.45, 7) is 5.09. The second-order valence-corrected chi connectivity index (χ2v) is 8.47. The summed E-state index contributed by atoms with van der Waals surface area (Å²) in [6.07, 6.45) is 0. The number of rotatable bonds is 8. The summed E-state index contributed by atoms with van der Waals surface area (Å²) in [4.78, 5) is 35.9. The number of Topliss-reactive ketones (excluding diaryl/α,β-unsaturated/α-hetero) is 1. The van der Waals surface area contributed by atoms with Crippen molar-refractivity contribution in [2.75, 3.05) is 17.7 Å². The number of amides is 1. The van der Waals surface area contributed by atoms with E-state index in [1.165, 1.54) is 23.9 Å². The van der Waals surface area contributed by atoms with Gasteiger partial charge in [-0.15, -0.1) is 11.8 Å². The summed E-state index contributed by atoms with van der Waals surface area (Å²) in [6, 6.07) is 12.5. The molecule has 0 radical (unpaired) electrons. The fraction of sp³-hybridized carbons (Fsp3) is 0.318. The topological polar surface area (TPSA) is 72.5 Å². The highest BCUT2D eigenvalue weighted by Crippen LogP contribution is 2.18. The monoisotopic (exact) mass is 417 g/mol. The maximum atomic E-state index is 12.8. The van der Waals surface area contributed by atoms with Crippen molar-refractivity contribution in [1.82, 2.24) is 0 Å². The molecule has 0 bridgehead atoms. The van der Waals surface area contributed by atoms with Crippen LogP contribution in [-0.4, -0.2) is 30.0 Å². The Morgan fingerprint density at radius 3 is 2.21 bits per heavy atom. The minimum absolute atomic E-state index is 0.0996. The highest BCUT2D eigenvalue weighted by atomic mass is 32.2. The van der Waals surface area contributed by atoms with Gasteiger partial charge in [-0.25, -0.2) is 4.39 Å². The van der Waals surface area contributed by atoms with E-state index in [2.05, 4.69) is 5.32 Å². The third-order valence-corrected chi connectivity index (χ3v) is 4.89. The lowest BCUT2D eigenvalue weighted by Gasteiger charge is -2.17. The molecular formula is C22H24FNO4S. The number of nitrogens with one attached hydrogen (secondary N) is 1. The van der Waals surface area contributed by atoms with Gasteiger partial charge in [-0.05, 0) is 42.0 Å². The van der Waals surface area contributed by atoms with Gasteiger partial charge in [0, 0.05) is 22.4 Å². The molecular weight excluding hydrogens is 393 g/mol. The number of carbonyl (C=O) groups excluding carboxylic acids is 3. The minimum atomic E-state index is -0.516. The zero-order chi connectivity index (χ0) is 21.4. The predicted octanol–water partition coefficient (Wildman–Crippen LogP) is 4.47. The molecule has 0 aliphatic carbocycles. The lowest BCUT2D eigenvalue weighted by molar-refractivity contribution is -0.139. The van der Waals surface area contributed by atoms with Crippen LogP contribution in [0.5, 0.6) is 0 Å². The molecule has 154 valence electrons. The van der Waals surface area contributed by atoms with Crippen LogP contribution in [0.25, 0.3) is 0 Å². The lowest BCUT2D eigenvalue weighted by Crippen LogP contribution is -2.27. The van der Waals surface area contributed by atoms with E-state index < -0.39 is 11.4 Å². The summed E-state index contributed by atoms with van der Waals surface area (Å²) in [5, 5.41) is 2.78. The first-order valence-corrected chi connectivity index (χ1v) is 10.2. The van der Waals surface area contributed by atoms with E-state index >= 15 is 0 Å². The third kappa shape index (κ3) is 7.69. The molecule has 2 rings (SSSR count). The van der Waals surface area contributed by atoms with Crippen LogP contribution in [0, 0.1) is 11.2 Å². The number of benzene rings is 2. The van der Waals surface area contributed by atoms with Gasteiger partial charge in [0.15, 0.2) is 12.4 Å². The third-order valence-electron chi connectivity index (χ3n) is 3.91. The number of esters is 1. The smallest absolute Gasteiger partial charge is 0.316 e. The molecule has 0 unspecified atom stereocenters.